The first-order chi connectivity index (χ1) is 14.3. The van der Waals surface area contributed by atoms with Crippen LogP contribution in [0.3, 0.4) is 0 Å². The van der Waals surface area contributed by atoms with E-state index in [0.29, 0.717) is 34.4 Å². The molecule has 0 unspecified atom stereocenters. The molecule has 0 aliphatic carbocycles. The number of hydrogen-bond donors (Lipinski definition) is 0. The maximum atomic E-state index is 11.2. The quantitative estimate of drug-likeness (QED) is 0.227. The number of rotatable bonds is 8. The number of benzene rings is 2. The zero-order valence-electron chi connectivity index (χ0n) is 18.5. The Labute approximate surface area is 228 Å². The first kappa shape index (κ1) is 28.8. The van der Waals surface area contributed by atoms with E-state index in [1.165, 1.54) is 51.5 Å². The van der Waals surface area contributed by atoms with Crippen molar-refractivity contribution in [1.29, 1.82) is 0 Å². The summed E-state index contributed by atoms with van der Waals surface area (Å²) in [6, 6.07) is 7.65. The molecule has 32 heavy (non-hydrogen) atoms. The monoisotopic (exact) mass is 481 g/mol. The summed E-state index contributed by atoms with van der Waals surface area (Å²) in [4.78, 5) is 22.5. The van der Waals surface area contributed by atoms with E-state index >= 15 is 0 Å². The van der Waals surface area contributed by atoms with Gasteiger partial charge in [0.2, 0.25) is 5.75 Å². The minimum atomic E-state index is -5.33. The van der Waals surface area contributed by atoms with Gasteiger partial charge in [0.25, 0.3) is 0 Å². The van der Waals surface area contributed by atoms with Crippen LogP contribution in [0.5, 0.6) is 28.7 Å². The Morgan fingerprint density at radius 3 is 2.00 bits per heavy atom. The van der Waals surface area contributed by atoms with Crippen LogP contribution in [-0.2, 0) is 4.57 Å². The molecular formula is C18H18N3Na2O8P. The molecule has 0 spiro atoms. The van der Waals surface area contributed by atoms with E-state index in [2.05, 4.69) is 14.8 Å². The van der Waals surface area contributed by atoms with Crippen LogP contribution < -0.4 is 92.4 Å². The molecule has 3 aromatic rings. The molecular weight excluding hydrogens is 463 g/mol. The first-order valence-electron chi connectivity index (χ1n) is 8.42. The Hall–Kier alpha value is -1.27. The fourth-order valence-corrected chi connectivity index (χ4v) is 3.23. The second kappa shape index (κ2) is 12.3. The molecule has 0 aliphatic rings. The van der Waals surface area contributed by atoms with E-state index in [1.807, 2.05) is 0 Å². The third kappa shape index (κ3) is 6.40. The van der Waals surface area contributed by atoms with Crippen molar-refractivity contribution in [2.24, 2.45) is 0 Å². The number of methoxy groups -OCH3 is 4. The summed E-state index contributed by atoms with van der Waals surface area (Å²) in [6.07, 6.45) is 1.39. The Morgan fingerprint density at radius 1 is 0.875 bits per heavy atom. The topological polar surface area (TPSA) is 140 Å². The molecule has 3 rings (SSSR count). The zero-order chi connectivity index (χ0) is 21.9. The molecule has 0 saturated heterocycles. The Balaban J connectivity index is 0.00000256. The number of aromatic nitrogens is 3. The van der Waals surface area contributed by atoms with Crippen LogP contribution in [0.25, 0.3) is 16.9 Å². The maximum absolute atomic E-state index is 11.2. The predicted octanol–water partition coefficient (Wildman–Crippen LogP) is -4.82. The minimum absolute atomic E-state index is 0. The molecule has 0 amide bonds. The fourth-order valence-electron chi connectivity index (χ4n) is 2.84. The van der Waals surface area contributed by atoms with Crippen LogP contribution in [0.1, 0.15) is 0 Å². The van der Waals surface area contributed by atoms with Crippen molar-refractivity contribution in [3.05, 3.63) is 36.5 Å². The Morgan fingerprint density at radius 2 is 1.50 bits per heavy atom. The number of hydrogen-bond acceptors (Lipinski definition) is 10. The van der Waals surface area contributed by atoms with Crippen molar-refractivity contribution in [3.63, 3.8) is 0 Å². The van der Waals surface area contributed by atoms with E-state index in [9.17, 15) is 14.4 Å². The van der Waals surface area contributed by atoms with Crippen molar-refractivity contribution in [2.75, 3.05) is 28.4 Å². The molecule has 0 aliphatic heterocycles. The number of ether oxygens (including phenoxy) is 4. The zero-order valence-corrected chi connectivity index (χ0v) is 23.4. The van der Waals surface area contributed by atoms with Crippen molar-refractivity contribution in [3.8, 4) is 45.7 Å². The van der Waals surface area contributed by atoms with Gasteiger partial charge >= 0.3 is 59.1 Å². The van der Waals surface area contributed by atoms with Gasteiger partial charge in [0.05, 0.1) is 46.0 Å². The van der Waals surface area contributed by atoms with Crippen LogP contribution in [-0.4, -0.2) is 43.4 Å². The Bertz CT molecular complexity index is 1080. The van der Waals surface area contributed by atoms with Gasteiger partial charge in [0.1, 0.15) is 19.3 Å². The van der Waals surface area contributed by atoms with Crippen LogP contribution in [0.4, 0.5) is 0 Å². The summed E-state index contributed by atoms with van der Waals surface area (Å²) in [5, 5.41) is 7.95. The second-order valence-corrected chi connectivity index (χ2v) is 6.89. The smallest absolute Gasteiger partial charge is 0.780 e. The largest absolute Gasteiger partial charge is 1.00 e. The second-order valence-electron chi connectivity index (χ2n) is 5.82. The first-order valence-corrected chi connectivity index (χ1v) is 9.88. The molecule has 0 atom stereocenters. The van der Waals surface area contributed by atoms with Crippen LogP contribution >= 0.6 is 7.82 Å². The van der Waals surface area contributed by atoms with Crippen LogP contribution in [0.15, 0.2) is 36.5 Å². The third-order valence-corrected chi connectivity index (χ3v) is 4.54. The minimum Gasteiger partial charge on any atom is -0.780 e. The molecule has 160 valence electrons. The summed E-state index contributed by atoms with van der Waals surface area (Å²) in [7, 11) is 0.486. The van der Waals surface area contributed by atoms with Gasteiger partial charge in [0, 0.05) is 23.8 Å². The van der Waals surface area contributed by atoms with E-state index in [4.69, 9.17) is 18.9 Å². The normalized spacial score (nSPS) is 10.4. The summed E-state index contributed by atoms with van der Waals surface area (Å²) in [5.74, 6) is 1.22. The molecule has 0 N–H and O–H groups in total. The maximum Gasteiger partial charge on any atom is 1.00 e. The SMILES string of the molecule is COc1ccc(-c2cnnn2-c2cc(OC)c(OC)c(OC)c2)c(OP(=O)([O-])[O-])c1.[Na+].[Na+]. The standard InChI is InChI=1S/C18H20N3O8P.2Na/c1-25-12-5-6-13(15(9-12)29-30(22,23)24)14-10-19-20-21(14)11-7-16(26-2)18(28-4)17(8-11)27-3;;/h5-10H,1-4H3,(H2,22,23,24);;/q;2*+1/p-2. The van der Waals surface area contributed by atoms with E-state index in [1.54, 1.807) is 18.2 Å². The van der Waals surface area contributed by atoms with Gasteiger partial charge in [-0.15, -0.1) is 5.10 Å². The van der Waals surface area contributed by atoms with Gasteiger partial charge in [-0.05, 0) is 12.1 Å². The van der Waals surface area contributed by atoms with Gasteiger partial charge in [-0.1, -0.05) is 5.21 Å². The molecule has 2 aromatic carbocycles. The van der Waals surface area contributed by atoms with Gasteiger partial charge < -0.3 is 37.8 Å². The summed E-state index contributed by atoms with van der Waals surface area (Å²) < 4.78 is 38.4. The molecule has 14 heteroatoms. The number of nitrogens with zero attached hydrogens (tertiary/aromatic N) is 3. The van der Waals surface area contributed by atoms with E-state index in [0.717, 1.165) is 0 Å². The van der Waals surface area contributed by atoms with Gasteiger partial charge in [-0.25, -0.2) is 4.68 Å². The van der Waals surface area contributed by atoms with Crippen LogP contribution in [0.2, 0.25) is 0 Å². The van der Waals surface area contributed by atoms with Crippen LogP contribution in [0, 0.1) is 0 Å². The summed E-state index contributed by atoms with van der Waals surface area (Å²) in [6.45, 7) is 0. The average molecular weight is 481 g/mol. The van der Waals surface area contributed by atoms with Gasteiger partial charge in [0.15, 0.2) is 11.5 Å². The predicted molar refractivity (Wildman–Crippen MR) is 101 cm³/mol. The van der Waals surface area contributed by atoms with Crippen molar-refractivity contribution in [2.45, 2.75) is 0 Å². The molecule has 0 fully saturated rings. The van der Waals surface area contributed by atoms with E-state index < -0.39 is 7.82 Å². The summed E-state index contributed by atoms with van der Waals surface area (Å²) >= 11 is 0. The van der Waals surface area contributed by atoms with Gasteiger partial charge in [-0.3, -0.25) is 0 Å². The van der Waals surface area contributed by atoms with Crippen molar-refractivity contribution >= 4 is 7.82 Å². The molecule has 11 nitrogen and oxygen atoms in total. The number of phosphoric ester groups is 1. The fraction of sp³-hybridized carbons (Fsp3) is 0.222. The average Bonchev–Trinajstić information content (AvgIpc) is 3.20. The third-order valence-electron chi connectivity index (χ3n) is 4.12. The molecule has 1 heterocycles. The molecule has 0 radical (unpaired) electrons. The molecule has 1 aromatic heterocycles. The Kier molecular flexibility index (Phi) is 11.0. The van der Waals surface area contributed by atoms with Crippen molar-refractivity contribution in [1.82, 2.24) is 15.0 Å². The summed E-state index contributed by atoms with van der Waals surface area (Å²) in [5.41, 5.74) is 1.07. The molecule has 0 saturated carbocycles. The molecule has 0 bridgehead atoms. The van der Waals surface area contributed by atoms with Gasteiger partial charge in [-0.2, -0.15) is 0 Å². The van der Waals surface area contributed by atoms with Crippen molar-refractivity contribution < 1.29 is 96.9 Å². The number of phosphoric acid groups is 1. The van der Waals surface area contributed by atoms with E-state index in [-0.39, 0.29) is 70.4 Å².